The molecule has 0 amide bonds. The summed E-state index contributed by atoms with van der Waals surface area (Å²) >= 11 is 0. The third kappa shape index (κ3) is 2.89. The summed E-state index contributed by atoms with van der Waals surface area (Å²) in [6.07, 6.45) is 3.83. The molecule has 0 aromatic heterocycles. The molecule has 0 radical (unpaired) electrons. The van der Waals surface area contributed by atoms with Gasteiger partial charge in [-0.15, -0.1) is 0 Å². The number of rotatable bonds is 5. The van der Waals surface area contributed by atoms with E-state index in [4.69, 9.17) is 9.47 Å². The van der Waals surface area contributed by atoms with E-state index in [-0.39, 0.29) is 0 Å². The van der Waals surface area contributed by atoms with Crippen LogP contribution in [-0.4, -0.2) is 20.3 Å². The second-order valence-corrected chi connectivity index (χ2v) is 4.42. The molecule has 2 rings (SSSR count). The maximum Gasteiger partial charge on any atom is 0.126 e. The summed E-state index contributed by atoms with van der Waals surface area (Å²) in [7, 11) is 1.69. The van der Waals surface area contributed by atoms with Gasteiger partial charge in [0, 0.05) is 12.7 Å². The third-order valence-electron chi connectivity index (χ3n) is 3.32. The van der Waals surface area contributed by atoms with Crippen molar-refractivity contribution in [2.75, 3.05) is 20.3 Å². The Balaban J connectivity index is 2.15. The zero-order chi connectivity index (χ0) is 12.1. The number of para-hydroxylation sites is 1. The highest BCUT2D eigenvalue weighted by Gasteiger charge is 2.15. The van der Waals surface area contributed by atoms with Crippen molar-refractivity contribution in [1.29, 1.82) is 0 Å². The van der Waals surface area contributed by atoms with Crippen LogP contribution in [0.1, 0.15) is 31.7 Å². The monoisotopic (exact) mass is 232 g/mol. The van der Waals surface area contributed by atoms with Crippen molar-refractivity contribution in [3.8, 4) is 5.75 Å². The van der Waals surface area contributed by atoms with Crippen molar-refractivity contribution < 1.29 is 9.47 Å². The number of allylic oxidation sites excluding steroid dienone is 2. The fourth-order valence-electron chi connectivity index (χ4n) is 2.06. The van der Waals surface area contributed by atoms with E-state index in [1.807, 2.05) is 12.1 Å². The lowest BCUT2D eigenvalue weighted by Crippen LogP contribution is -2.06. The van der Waals surface area contributed by atoms with Crippen LogP contribution in [0.5, 0.6) is 5.75 Å². The summed E-state index contributed by atoms with van der Waals surface area (Å²) in [6, 6.07) is 8.27. The van der Waals surface area contributed by atoms with Crippen molar-refractivity contribution in [1.82, 2.24) is 0 Å². The molecule has 0 saturated heterocycles. The molecule has 1 aliphatic carbocycles. The van der Waals surface area contributed by atoms with E-state index in [1.54, 1.807) is 12.7 Å². The van der Waals surface area contributed by atoms with Crippen LogP contribution in [0, 0.1) is 0 Å². The minimum atomic E-state index is 0.607. The predicted molar refractivity (Wildman–Crippen MR) is 70.3 cm³/mol. The molecule has 0 atom stereocenters. The van der Waals surface area contributed by atoms with E-state index in [9.17, 15) is 0 Å². The highest BCUT2D eigenvalue weighted by molar-refractivity contribution is 5.72. The van der Waals surface area contributed by atoms with Gasteiger partial charge in [-0.25, -0.2) is 0 Å². The van der Waals surface area contributed by atoms with E-state index in [2.05, 4.69) is 19.1 Å². The summed E-state index contributed by atoms with van der Waals surface area (Å²) in [6.45, 7) is 3.44. The molecule has 1 aliphatic rings. The van der Waals surface area contributed by atoms with Gasteiger partial charge in [-0.05, 0) is 37.8 Å². The molecule has 0 bridgehead atoms. The average molecular weight is 232 g/mol. The summed E-state index contributed by atoms with van der Waals surface area (Å²) < 4.78 is 10.8. The molecule has 1 saturated carbocycles. The Hall–Kier alpha value is -1.28. The van der Waals surface area contributed by atoms with Crippen molar-refractivity contribution in [3.05, 3.63) is 35.4 Å². The van der Waals surface area contributed by atoms with Gasteiger partial charge in [-0.3, -0.25) is 0 Å². The molecule has 1 aromatic carbocycles. The Labute approximate surface area is 103 Å². The first-order valence-corrected chi connectivity index (χ1v) is 6.22. The van der Waals surface area contributed by atoms with Gasteiger partial charge in [0.05, 0.1) is 6.61 Å². The standard InChI is InChI=1S/C15H20O2/c1-12(13-6-5-7-13)14-8-3-4-9-15(14)17-11-10-16-2/h3-4,8-9H,5-7,10-11H2,1-2H3. The van der Waals surface area contributed by atoms with Crippen LogP contribution in [0.3, 0.4) is 0 Å². The van der Waals surface area contributed by atoms with Gasteiger partial charge in [0.2, 0.25) is 0 Å². The van der Waals surface area contributed by atoms with Crippen molar-refractivity contribution in [2.45, 2.75) is 26.2 Å². The Morgan fingerprint density at radius 1 is 1.18 bits per heavy atom. The molecule has 2 heteroatoms. The predicted octanol–water partition coefficient (Wildman–Crippen LogP) is 3.67. The van der Waals surface area contributed by atoms with Crippen LogP contribution in [0.15, 0.2) is 29.8 Å². The van der Waals surface area contributed by atoms with Crippen LogP contribution in [0.25, 0.3) is 5.57 Å². The van der Waals surface area contributed by atoms with Crippen LogP contribution >= 0.6 is 0 Å². The van der Waals surface area contributed by atoms with Gasteiger partial charge in [0.25, 0.3) is 0 Å². The molecular weight excluding hydrogens is 212 g/mol. The number of hydrogen-bond donors (Lipinski definition) is 0. The van der Waals surface area contributed by atoms with Gasteiger partial charge in [-0.2, -0.15) is 0 Å². The second-order valence-electron chi connectivity index (χ2n) is 4.42. The molecule has 0 unspecified atom stereocenters. The smallest absolute Gasteiger partial charge is 0.126 e. The Kier molecular flexibility index (Phi) is 4.21. The van der Waals surface area contributed by atoms with E-state index < -0.39 is 0 Å². The highest BCUT2D eigenvalue weighted by Crippen LogP contribution is 2.36. The second kappa shape index (κ2) is 5.87. The number of methoxy groups -OCH3 is 1. The van der Waals surface area contributed by atoms with Gasteiger partial charge < -0.3 is 9.47 Å². The van der Waals surface area contributed by atoms with E-state index in [1.165, 1.54) is 30.4 Å². The molecule has 2 nitrogen and oxygen atoms in total. The minimum absolute atomic E-state index is 0.607. The maximum absolute atomic E-state index is 5.76. The lowest BCUT2D eigenvalue weighted by atomic mass is 9.86. The quantitative estimate of drug-likeness (QED) is 0.721. The molecule has 1 fully saturated rings. The molecule has 0 heterocycles. The number of benzene rings is 1. The highest BCUT2D eigenvalue weighted by atomic mass is 16.5. The van der Waals surface area contributed by atoms with Crippen molar-refractivity contribution >= 4 is 5.57 Å². The molecule has 0 spiro atoms. The first-order chi connectivity index (χ1) is 8.33. The van der Waals surface area contributed by atoms with Crippen LogP contribution < -0.4 is 4.74 Å². The zero-order valence-electron chi connectivity index (χ0n) is 10.7. The van der Waals surface area contributed by atoms with Crippen molar-refractivity contribution in [3.63, 3.8) is 0 Å². The summed E-state index contributed by atoms with van der Waals surface area (Å²) in [4.78, 5) is 0. The van der Waals surface area contributed by atoms with Gasteiger partial charge in [-0.1, -0.05) is 23.8 Å². The molecule has 92 valence electrons. The maximum atomic E-state index is 5.76. The fourth-order valence-corrected chi connectivity index (χ4v) is 2.06. The first-order valence-electron chi connectivity index (χ1n) is 6.22. The van der Waals surface area contributed by atoms with Crippen molar-refractivity contribution in [2.24, 2.45) is 0 Å². The SMILES string of the molecule is COCCOc1ccccc1C(C)=C1CCC1. The molecule has 0 N–H and O–H groups in total. The molecular formula is C15H20O2. The Morgan fingerprint density at radius 2 is 1.94 bits per heavy atom. The Morgan fingerprint density at radius 3 is 2.59 bits per heavy atom. The summed E-state index contributed by atoms with van der Waals surface area (Å²) in [5.41, 5.74) is 4.20. The molecule has 1 aromatic rings. The lowest BCUT2D eigenvalue weighted by Gasteiger charge is -2.21. The topological polar surface area (TPSA) is 18.5 Å². The number of ether oxygens (including phenoxy) is 2. The van der Waals surface area contributed by atoms with Crippen LogP contribution in [0.2, 0.25) is 0 Å². The van der Waals surface area contributed by atoms with E-state index in [0.29, 0.717) is 13.2 Å². The lowest BCUT2D eigenvalue weighted by molar-refractivity contribution is 0.146. The van der Waals surface area contributed by atoms with Gasteiger partial charge >= 0.3 is 0 Å². The molecule has 17 heavy (non-hydrogen) atoms. The van der Waals surface area contributed by atoms with E-state index >= 15 is 0 Å². The summed E-state index contributed by atoms with van der Waals surface area (Å²) in [5.74, 6) is 0.974. The third-order valence-corrected chi connectivity index (χ3v) is 3.32. The van der Waals surface area contributed by atoms with E-state index in [0.717, 1.165) is 5.75 Å². The van der Waals surface area contributed by atoms with Gasteiger partial charge in [0.15, 0.2) is 0 Å². The summed E-state index contributed by atoms with van der Waals surface area (Å²) in [5, 5.41) is 0. The molecule has 0 aliphatic heterocycles. The van der Waals surface area contributed by atoms with Crippen LogP contribution in [-0.2, 0) is 4.74 Å². The van der Waals surface area contributed by atoms with Gasteiger partial charge in [0.1, 0.15) is 12.4 Å². The normalized spacial score (nSPS) is 14.4. The fraction of sp³-hybridized carbons (Fsp3) is 0.467. The first kappa shape index (κ1) is 12.2. The minimum Gasteiger partial charge on any atom is -0.491 e. The largest absolute Gasteiger partial charge is 0.491 e. The zero-order valence-corrected chi connectivity index (χ0v) is 10.7. The van der Waals surface area contributed by atoms with Crippen LogP contribution in [0.4, 0.5) is 0 Å². The number of hydrogen-bond acceptors (Lipinski definition) is 2. The Bertz CT molecular complexity index is 401. The average Bonchev–Trinajstić information content (AvgIpc) is 2.27.